The second kappa shape index (κ2) is 17.5. The topological polar surface area (TPSA) is 136 Å². The minimum atomic E-state index is -1.61. The van der Waals surface area contributed by atoms with Gasteiger partial charge >= 0.3 is 5.97 Å². The summed E-state index contributed by atoms with van der Waals surface area (Å²) >= 11 is 0. The van der Waals surface area contributed by atoms with E-state index in [0.29, 0.717) is 0 Å². The van der Waals surface area contributed by atoms with Crippen LogP contribution in [-0.2, 0) is 14.3 Å². The summed E-state index contributed by atoms with van der Waals surface area (Å²) in [6.45, 7) is 1.92. The number of unbranched alkanes of at least 4 members (excludes halogenated alkanes) is 12. The van der Waals surface area contributed by atoms with Crippen LogP contribution >= 0.6 is 0 Å². The normalized spacial score (nSPS) is 23.9. The number of carbonyl (C=O) groups is 1. The number of rotatable bonds is 18. The SMILES string of the molecule is CCCCCCCCCCCCCCCC(=O)OC[C@H]1O[C@@H](Oc2coccc2=O)[C@H](O)[C@@H](O)[C@@H]1O. The fourth-order valence-electron chi connectivity index (χ4n) is 4.24. The van der Waals surface area contributed by atoms with Crippen LogP contribution in [-0.4, -0.2) is 58.6 Å². The van der Waals surface area contributed by atoms with Gasteiger partial charge in [-0.15, -0.1) is 0 Å². The average molecular weight is 513 g/mol. The van der Waals surface area contributed by atoms with Crippen molar-refractivity contribution < 1.29 is 38.7 Å². The Labute approximate surface area is 213 Å². The van der Waals surface area contributed by atoms with Crippen LogP contribution in [0.25, 0.3) is 0 Å². The van der Waals surface area contributed by atoms with Crippen molar-refractivity contribution in [2.45, 2.75) is 128 Å². The standard InChI is InChI=1S/C27H44O9/c1-2-3-4-5-6-7-8-9-10-11-12-13-14-15-23(29)34-19-22-24(30)25(31)26(32)27(36-22)35-21-18-33-17-16-20(21)28/h16-18,22,24-27,30-32H,2-15,19H2,1H3/t22-,24-,25+,26-,27-/m1/s1. The van der Waals surface area contributed by atoms with E-state index in [9.17, 15) is 24.9 Å². The van der Waals surface area contributed by atoms with Crippen LogP contribution in [0.3, 0.4) is 0 Å². The summed E-state index contributed by atoms with van der Waals surface area (Å²) in [5.41, 5.74) is -0.501. The summed E-state index contributed by atoms with van der Waals surface area (Å²) < 4.78 is 20.9. The maximum atomic E-state index is 12.1. The zero-order valence-electron chi connectivity index (χ0n) is 21.5. The van der Waals surface area contributed by atoms with Crippen molar-refractivity contribution in [3.05, 3.63) is 28.8 Å². The van der Waals surface area contributed by atoms with Gasteiger partial charge in [0.25, 0.3) is 0 Å². The van der Waals surface area contributed by atoms with Crippen LogP contribution in [0, 0.1) is 0 Å². The smallest absolute Gasteiger partial charge is 0.305 e. The molecule has 206 valence electrons. The molecule has 36 heavy (non-hydrogen) atoms. The summed E-state index contributed by atoms with van der Waals surface area (Å²) in [6.07, 6.45) is 11.0. The van der Waals surface area contributed by atoms with E-state index in [-0.39, 0.29) is 18.8 Å². The third-order valence-corrected chi connectivity index (χ3v) is 6.52. The average Bonchev–Trinajstić information content (AvgIpc) is 2.87. The van der Waals surface area contributed by atoms with E-state index >= 15 is 0 Å². The van der Waals surface area contributed by atoms with Gasteiger partial charge in [0.2, 0.25) is 17.5 Å². The van der Waals surface area contributed by atoms with E-state index in [1.165, 1.54) is 70.5 Å². The molecule has 0 radical (unpaired) electrons. The fraction of sp³-hybridized carbons (Fsp3) is 0.778. The van der Waals surface area contributed by atoms with Gasteiger partial charge in [0.15, 0.2) is 0 Å². The minimum absolute atomic E-state index is 0.219. The lowest BCUT2D eigenvalue weighted by atomic mass is 9.99. The van der Waals surface area contributed by atoms with E-state index in [1.54, 1.807) is 0 Å². The summed E-state index contributed by atoms with van der Waals surface area (Å²) in [5.74, 6) is -0.640. The molecule has 3 N–H and O–H groups in total. The first-order valence-corrected chi connectivity index (χ1v) is 13.5. The maximum Gasteiger partial charge on any atom is 0.305 e. The van der Waals surface area contributed by atoms with Crippen LogP contribution < -0.4 is 10.2 Å². The molecule has 0 amide bonds. The molecule has 0 aromatic carbocycles. The molecule has 9 heteroatoms. The largest absolute Gasteiger partial charge is 0.468 e. The van der Waals surface area contributed by atoms with Crippen LogP contribution in [0.4, 0.5) is 0 Å². The number of esters is 1. The Morgan fingerprint density at radius 2 is 1.44 bits per heavy atom. The van der Waals surface area contributed by atoms with Crippen molar-refractivity contribution in [3.8, 4) is 5.75 Å². The molecule has 0 bridgehead atoms. The van der Waals surface area contributed by atoms with Crippen molar-refractivity contribution in [2.24, 2.45) is 0 Å². The van der Waals surface area contributed by atoms with Gasteiger partial charge in [-0.2, -0.15) is 0 Å². The molecule has 0 saturated carbocycles. The van der Waals surface area contributed by atoms with E-state index < -0.39 is 42.1 Å². The van der Waals surface area contributed by atoms with Crippen molar-refractivity contribution in [1.29, 1.82) is 0 Å². The predicted molar refractivity (Wildman–Crippen MR) is 134 cm³/mol. The van der Waals surface area contributed by atoms with Crippen molar-refractivity contribution in [2.75, 3.05) is 6.61 Å². The second-order valence-corrected chi connectivity index (χ2v) is 9.59. The molecule has 1 aromatic heterocycles. The third-order valence-electron chi connectivity index (χ3n) is 6.52. The molecule has 9 nitrogen and oxygen atoms in total. The number of hydrogen-bond acceptors (Lipinski definition) is 9. The molecular formula is C27H44O9. The zero-order chi connectivity index (χ0) is 26.2. The van der Waals surface area contributed by atoms with Gasteiger partial charge in [0, 0.05) is 12.5 Å². The highest BCUT2D eigenvalue weighted by atomic mass is 16.7. The van der Waals surface area contributed by atoms with Gasteiger partial charge in [-0.25, -0.2) is 0 Å². The molecule has 1 aromatic rings. The van der Waals surface area contributed by atoms with E-state index in [2.05, 4.69) is 6.92 Å². The molecular weight excluding hydrogens is 468 g/mol. The Balaban J connectivity index is 1.57. The Bertz CT molecular complexity index is 781. The molecule has 0 spiro atoms. The van der Waals surface area contributed by atoms with Gasteiger partial charge in [-0.3, -0.25) is 9.59 Å². The number of aliphatic hydroxyl groups is 3. The highest BCUT2D eigenvalue weighted by molar-refractivity contribution is 5.69. The summed E-state index contributed by atoms with van der Waals surface area (Å²) in [5, 5.41) is 30.5. The molecule has 1 fully saturated rings. The molecule has 2 rings (SSSR count). The van der Waals surface area contributed by atoms with E-state index in [4.69, 9.17) is 18.6 Å². The first-order chi connectivity index (χ1) is 17.4. The first kappa shape index (κ1) is 30.3. The fourth-order valence-corrected chi connectivity index (χ4v) is 4.24. The Kier molecular flexibility index (Phi) is 14.7. The summed E-state index contributed by atoms with van der Waals surface area (Å²) in [6, 6.07) is 1.13. The number of ether oxygens (including phenoxy) is 3. The Morgan fingerprint density at radius 3 is 2.03 bits per heavy atom. The second-order valence-electron chi connectivity index (χ2n) is 9.59. The minimum Gasteiger partial charge on any atom is -0.468 e. The molecule has 0 unspecified atom stereocenters. The Hall–Kier alpha value is -1.94. The zero-order valence-corrected chi connectivity index (χ0v) is 21.5. The van der Waals surface area contributed by atoms with Gasteiger partial charge in [0.05, 0.1) is 6.26 Å². The van der Waals surface area contributed by atoms with Gasteiger partial charge in [-0.1, -0.05) is 84.0 Å². The van der Waals surface area contributed by atoms with Crippen LogP contribution in [0.2, 0.25) is 0 Å². The lowest BCUT2D eigenvalue weighted by Crippen LogP contribution is -2.60. The summed E-state index contributed by atoms with van der Waals surface area (Å²) in [4.78, 5) is 23.9. The van der Waals surface area contributed by atoms with Crippen LogP contribution in [0.15, 0.2) is 27.8 Å². The van der Waals surface area contributed by atoms with Crippen LogP contribution in [0.5, 0.6) is 5.75 Å². The number of aliphatic hydroxyl groups excluding tert-OH is 3. The van der Waals surface area contributed by atoms with Crippen molar-refractivity contribution >= 4 is 5.97 Å². The summed E-state index contributed by atoms with van der Waals surface area (Å²) in [7, 11) is 0. The first-order valence-electron chi connectivity index (χ1n) is 13.5. The number of hydrogen-bond donors (Lipinski definition) is 3. The lowest BCUT2D eigenvalue weighted by molar-refractivity contribution is -0.279. The molecule has 1 saturated heterocycles. The Morgan fingerprint density at radius 1 is 0.861 bits per heavy atom. The van der Waals surface area contributed by atoms with E-state index in [1.807, 2.05) is 0 Å². The molecule has 0 aliphatic carbocycles. The maximum absolute atomic E-state index is 12.1. The van der Waals surface area contributed by atoms with Gasteiger partial charge in [0.1, 0.15) is 37.3 Å². The lowest BCUT2D eigenvalue weighted by Gasteiger charge is -2.39. The molecule has 1 aliphatic rings. The van der Waals surface area contributed by atoms with Crippen molar-refractivity contribution in [1.82, 2.24) is 0 Å². The van der Waals surface area contributed by atoms with Crippen molar-refractivity contribution in [3.63, 3.8) is 0 Å². The predicted octanol–water partition coefficient (Wildman–Crippen LogP) is 3.85. The monoisotopic (exact) mass is 512 g/mol. The molecule has 1 aliphatic heterocycles. The number of carbonyl (C=O) groups excluding carboxylic acids is 1. The quantitative estimate of drug-likeness (QED) is 0.198. The van der Waals surface area contributed by atoms with Crippen LogP contribution in [0.1, 0.15) is 96.8 Å². The van der Waals surface area contributed by atoms with E-state index in [0.717, 1.165) is 31.6 Å². The van der Waals surface area contributed by atoms with Gasteiger partial charge in [-0.05, 0) is 6.42 Å². The molecule has 5 atom stereocenters. The molecule has 2 heterocycles. The highest BCUT2D eigenvalue weighted by Crippen LogP contribution is 2.23. The third kappa shape index (κ3) is 11.0. The van der Waals surface area contributed by atoms with Gasteiger partial charge < -0.3 is 33.9 Å². The highest BCUT2D eigenvalue weighted by Gasteiger charge is 2.45.